The molecule has 1 aliphatic rings. The zero-order valence-corrected chi connectivity index (χ0v) is 14.1. The van der Waals surface area contributed by atoms with E-state index in [9.17, 15) is 9.59 Å². The fourth-order valence-electron chi connectivity index (χ4n) is 2.40. The Bertz CT molecular complexity index is 824. The first kappa shape index (κ1) is 16.8. The number of benzene rings is 2. The number of aryl methyl sites for hydroxylation is 1. The Labute approximate surface area is 146 Å². The predicted molar refractivity (Wildman–Crippen MR) is 95.3 cm³/mol. The second-order valence-corrected chi connectivity index (χ2v) is 5.90. The molecule has 2 aromatic rings. The van der Waals surface area contributed by atoms with Crippen LogP contribution in [0.1, 0.15) is 18.1 Å². The van der Waals surface area contributed by atoms with Gasteiger partial charge in [-0.05, 0) is 38.1 Å². The molecular formula is C20H19NO4. The van der Waals surface area contributed by atoms with Crippen LogP contribution in [0.5, 0.6) is 5.75 Å². The van der Waals surface area contributed by atoms with E-state index in [2.05, 4.69) is 5.32 Å². The van der Waals surface area contributed by atoms with Gasteiger partial charge in [-0.3, -0.25) is 4.79 Å². The van der Waals surface area contributed by atoms with E-state index in [1.807, 2.05) is 43.3 Å². The van der Waals surface area contributed by atoms with Crippen LogP contribution in [-0.4, -0.2) is 24.6 Å². The SMILES string of the molecule is Cc1ccc(NC(=O)[C@H](C)OC(=O)C2=Cc3ccccc3OC2)cc1. The van der Waals surface area contributed by atoms with Gasteiger partial charge in [-0.1, -0.05) is 35.9 Å². The number of hydrogen-bond donors (Lipinski definition) is 1. The molecule has 2 aromatic carbocycles. The van der Waals surface area contributed by atoms with Crippen LogP contribution < -0.4 is 10.1 Å². The van der Waals surface area contributed by atoms with E-state index >= 15 is 0 Å². The molecule has 1 N–H and O–H groups in total. The van der Waals surface area contributed by atoms with Crippen molar-refractivity contribution in [3.8, 4) is 5.75 Å². The second-order valence-electron chi connectivity index (χ2n) is 5.90. The molecule has 1 amide bonds. The first-order chi connectivity index (χ1) is 12.0. The van der Waals surface area contributed by atoms with Crippen LogP contribution in [0.25, 0.3) is 6.08 Å². The number of esters is 1. The summed E-state index contributed by atoms with van der Waals surface area (Å²) in [5.74, 6) is -0.208. The van der Waals surface area contributed by atoms with Gasteiger partial charge in [0.1, 0.15) is 12.4 Å². The highest BCUT2D eigenvalue weighted by Gasteiger charge is 2.23. The molecule has 1 atom stereocenters. The second kappa shape index (κ2) is 7.21. The van der Waals surface area contributed by atoms with E-state index in [1.54, 1.807) is 25.1 Å². The lowest BCUT2D eigenvalue weighted by Gasteiger charge is -2.19. The van der Waals surface area contributed by atoms with Crippen molar-refractivity contribution in [3.63, 3.8) is 0 Å². The van der Waals surface area contributed by atoms with Crippen LogP contribution in [0.15, 0.2) is 54.1 Å². The number of nitrogens with one attached hydrogen (secondary N) is 1. The van der Waals surface area contributed by atoms with Gasteiger partial charge in [0.2, 0.25) is 0 Å². The first-order valence-electron chi connectivity index (χ1n) is 8.04. The molecule has 0 bridgehead atoms. The van der Waals surface area contributed by atoms with E-state index in [4.69, 9.17) is 9.47 Å². The van der Waals surface area contributed by atoms with Crippen molar-refractivity contribution in [3.05, 3.63) is 65.2 Å². The molecule has 1 heterocycles. The zero-order chi connectivity index (χ0) is 17.8. The lowest BCUT2D eigenvalue weighted by molar-refractivity contribution is -0.149. The van der Waals surface area contributed by atoms with Gasteiger partial charge in [0.25, 0.3) is 5.91 Å². The van der Waals surface area contributed by atoms with Gasteiger partial charge in [0.15, 0.2) is 6.10 Å². The minimum absolute atomic E-state index is 0.127. The maximum atomic E-state index is 12.3. The lowest BCUT2D eigenvalue weighted by Crippen LogP contribution is -2.31. The average Bonchev–Trinajstić information content (AvgIpc) is 2.63. The van der Waals surface area contributed by atoms with Gasteiger partial charge in [-0.15, -0.1) is 0 Å². The van der Waals surface area contributed by atoms with E-state index in [1.165, 1.54) is 0 Å². The molecule has 25 heavy (non-hydrogen) atoms. The number of para-hydroxylation sites is 1. The van der Waals surface area contributed by atoms with E-state index < -0.39 is 12.1 Å². The molecule has 3 rings (SSSR count). The number of anilines is 1. The van der Waals surface area contributed by atoms with Crippen LogP contribution in [0.4, 0.5) is 5.69 Å². The molecule has 5 nitrogen and oxygen atoms in total. The molecule has 0 radical (unpaired) electrons. The maximum absolute atomic E-state index is 12.3. The molecule has 128 valence electrons. The fraction of sp³-hybridized carbons (Fsp3) is 0.200. The number of carbonyl (C=O) groups is 2. The molecule has 0 saturated carbocycles. The summed E-state index contributed by atoms with van der Waals surface area (Å²) in [5.41, 5.74) is 2.96. The quantitative estimate of drug-likeness (QED) is 0.869. The van der Waals surface area contributed by atoms with Crippen LogP contribution in [0.3, 0.4) is 0 Å². The summed E-state index contributed by atoms with van der Waals surface area (Å²) in [6, 6.07) is 14.8. The Kier molecular flexibility index (Phi) is 4.84. The van der Waals surface area contributed by atoms with Gasteiger partial charge < -0.3 is 14.8 Å². The summed E-state index contributed by atoms with van der Waals surface area (Å²) in [7, 11) is 0. The Hall–Kier alpha value is -3.08. The van der Waals surface area contributed by atoms with Gasteiger partial charge in [-0.2, -0.15) is 0 Å². The highest BCUT2D eigenvalue weighted by atomic mass is 16.6. The van der Waals surface area contributed by atoms with Crippen molar-refractivity contribution in [2.75, 3.05) is 11.9 Å². The summed E-state index contributed by atoms with van der Waals surface area (Å²) < 4.78 is 10.8. The number of rotatable bonds is 4. The third kappa shape index (κ3) is 4.07. The van der Waals surface area contributed by atoms with Gasteiger partial charge in [-0.25, -0.2) is 4.79 Å². The third-order valence-electron chi connectivity index (χ3n) is 3.87. The molecule has 1 aliphatic heterocycles. The van der Waals surface area contributed by atoms with Crippen molar-refractivity contribution in [1.82, 2.24) is 0 Å². The maximum Gasteiger partial charge on any atom is 0.338 e. The molecule has 0 spiro atoms. The summed E-state index contributed by atoms with van der Waals surface area (Å²) >= 11 is 0. The van der Waals surface area contributed by atoms with Crippen molar-refractivity contribution in [2.24, 2.45) is 0 Å². The minimum atomic E-state index is -0.910. The number of fused-ring (bicyclic) bond motifs is 1. The minimum Gasteiger partial charge on any atom is -0.488 e. The number of ether oxygens (including phenoxy) is 2. The van der Waals surface area contributed by atoms with E-state index in [-0.39, 0.29) is 12.5 Å². The highest BCUT2D eigenvalue weighted by Crippen LogP contribution is 2.26. The molecule has 5 heteroatoms. The largest absolute Gasteiger partial charge is 0.488 e. The predicted octanol–water partition coefficient (Wildman–Crippen LogP) is 3.34. The Balaban J connectivity index is 1.61. The molecule has 0 saturated heterocycles. The Morgan fingerprint density at radius 2 is 1.84 bits per heavy atom. The smallest absolute Gasteiger partial charge is 0.338 e. The number of hydrogen-bond acceptors (Lipinski definition) is 4. The van der Waals surface area contributed by atoms with Gasteiger partial charge in [0, 0.05) is 11.3 Å². The topological polar surface area (TPSA) is 64.6 Å². The molecule has 0 unspecified atom stereocenters. The van der Waals surface area contributed by atoms with Crippen LogP contribution in [0, 0.1) is 6.92 Å². The van der Waals surface area contributed by atoms with Crippen LogP contribution in [0.2, 0.25) is 0 Å². The van der Waals surface area contributed by atoms with Crippen molar-refractivity contribution in [1.29, 1.82) is 0 Å². The molecular weight excluding hydrogens is 318 g/mol. The van der Waals surface area contributed by atoms with Crippen molar-refractivity contribution >= 4 is 23.6 Å². The monoisotopic (exact) mass is 337 g/mol. The van der Waals surface area contributed by atoms with Gasteiger partial charge in [0.05, 0.1) is 5.57 Å². The van der Waals surface area contributed by atoms with Crippen LogP contribution >= 0.6 is 0 Å². The Morgan fingerprint density at radius 3 is 2.60 bits per heavy atom. The molecule has 0 fully saturated rings. The standard InChI is InChI=1S/C20H19NO4/c1-13-7-9-17(10-8-13)21-19(22)14(2)25-20(23)16-11-15-5-3-4-6-18(15)24-12-16/h3-11,14H,12H2,1-2H3,(H,21,22)/t14-/m0/s1. The van der Waals surface area contributed by atoms with Crippen molar-refractivity contribution in [2.45, 2.75) is 20.0 Å². The highest BCUT2D eigenvalue weighted by molar-refractivity contribution is 5.99. The number of amides is 1. The van der Waals surface area contributed by atoms with Crippen molar-refractivity contribution < 1.29 is 19.1 Å². The lowest BCUT2D eigenvalue weighted by atomic mass is 10.1. The normalized spacial score (nSPS) is 13.8. The third-order valence-corrected chi connectivity index (χ3v) is 3.87. The summed E-state index contributed by atoms with van der Waals surface area (Å²) in [6.45, 7) is 3.63. The van der Waals surface area contributed by atoms with E-state index in [0.29, 0.717) is 11.3 Å². The van der Waals surface area contributed by atoms with Gasteiger partial charge >= 0.3 is 5.97 Å². The summed E-state index contributed by atoms with van der Waals surface area (Å²) in [5, 5.41) is 2.73. The fourth-order valence-corrected chi connectivity index (χ4v) is 2.40. The average molecular weight is 337 g/mol. The first-order valence-corrected chi connectivity index (χ1v) is 8.04. The summed E-state index contributed by atoms with van der Waals surface area (Å²) in [6.07, 6.45) is 0.818. The molecule has 0 aliphatic carbocycles. The summed E-state index contributed by atoms with van der Waals surface area (Å²) in [4.78, 5) is 24.4. The Morgan fingerprint density at radius 1 is 1.12 bits per heavy atom. The van der Waals surface area contributed by atoms with Crippen LogP contribution in [-0.2, 0) is 14.3 Å². The number of carbonyl (C=O) groups excluding carboxylic acids is 2. The van der Waals surface area contributed by atoms with E-state index in [0.717, 1.165) is 16.9 Å². The zero-order valence-electron chi connectivity index (χ0n) is 14.1. The molecule has 0 aromatic heterocycles.